The second kappa shape index (κ2) is 14.1. The number of anilines is 1. The van der Waals surface area contributed by atoms with Crippen molar-refractivity contribution in [1.82, 2.24) is 10.2 Å². The van der Waals surface area contributed by atoms with Crippen LogP contribution in [0.1, 0.15) is 19.4 Å². The van der Waals surface area contributed by atoms with Gasteiger partial charge >= 0.3 is 0 Å². The van der Waals surface area contributed by atoms with Gasteiger partial charge in [-0.1, -0.05) is 24.3 Å². The van der Waals surface area contributed by atoms with E-state index < -0.39 is 28.5 Å². The molecule has 0 saturated carbocycles. The molecule has 3 aromatic carbocycles. The third kappa shape index (κ3) is 7.28. The molecule has 3 rings (SSSR count). The Morgan fingerprint density at radius 2 is 1.65 bits per heavy atom. The monoisotopic (exact) mass is 585 g/mol. The average Bonchev–Trinajstić information content (AvgIpc) is 2.98. The van der Waals surface area contributed by atoms with Gasteiger partial charge in [-0.15, -0.1) is 11.8 Å². The van der Waals surface area contributed by atoms with Crippen molar-refractivity contribution in [2.75, 3.05) is 37.9 Å². The Bertz CT molecular complexity index is 1400. The first-order chi connectivity index (χ1) is 19.2. The topological polar surface area (TPSA) is 105 Å². The summed E-state index contributed by atoms with van der Waals surface area (Å²) in [6.07, 6.45) is 1.90. The van der Waals surface area contributed by atoms with Gasteiger partial charge < -0.3 is 19.7 Å². The van der Waals surface area contributed by atoms with Crippen molar-refractivity contribution in [2.24, 2.45) is 0 Å². The second-order valence-corrected chi connectivity index (χ2v) is 11.5. The van der Waals surface area contributed by atoms with E-state index in [1.54, 1.807) is 81.6 Å². The number of nitrogens with zero attached hydrogens (tertiary/aromatic N) is 2. The fourth-order valence-corrected chi connectivity index (χ4v) is 5.88. The molecule has 0 heterocycles. The minimum absolute atomic E-state index is 0.0328. The van der Waals surface area contributed by atoms with Crippen LogP contribution in [-0.2, 0) is 26.2 Å². The number of methoxy groups -OCH3 is 1. The van der Waals surface area contributed by atoms with E-state index in [9.17, 15) is 18.0 Å². The van der Waals surface area contributed by atoms with Crippen LogP contribution in [0, 0.1) is 0 Å². The number of para-hydroxylation sites is 2. The summed E-state index contributed by atoms with van der Waals surface area (Å²) in [5.41, 5.74) is 0.977. The lowest BCUT2D eigenvalue weighted by Crippen LogP contribution is -2.50. The summed E-state index contributed by atoms with van der Waals surface area (Å²) < 4.78 is 40.1. The van der Waals surface area contributed by atoms with Gasteiger partial charge in [0.15, 0.2) is 0 Å². The van der Waals surface area contributed by atoms with Crippen molar-refractivity contribution < 1.29 is 27.5 Å². The van der Waals surface area contributed by atoms with Gasteiger partial charge in [0, 0.05) is 18.5 Å². The molecule has 11 heteroatoms. The molecule has 214 valence electrons. The van der Waals surface area contributed by atoms with Crippen LogP contribution >= 0.6 is 11.8 Å². The lowest BCUT2D eigenvalue weighted by molar-refractivity contribution is -0.139. The molecule has 0 saturated heterocycles. The van der Waals surface area contributed by atoms with E-state index in [1.165, 1.54) is 35.8 Å². The van der Waals surface area contributed by atoms with Gasteiger partial charge in [0.05, 0.1) is 24.3 Å². The zero-order chi connectivity index (χ0) is 29.3. The molecule has 0 unspecified atom stereocenters. The van der Waals surface area contributed by atoms with E-state index in [1.807, 2.05) is 6.26 Å². The number of hydrogen-bond acceptors (Lipinski definition) is 7. The summed E-state index contributed by atoms with van der Waals surface area (Å²) in [4.78, 5) is 28.9. The third-order valence-electron chi connectivity index (χ3n) is 6.29. The van der Waals surface area contributed by atoms with E-state index >= 15 is 0 Å². The van der Waals surface area contributed by atoms with Gasteiger partial charge in [0.25, 0.3) is 10.0 Å². The maximum absolute atomic E-state index is 14.0. The van der Waals surface area contributed by atoms with Crippen molar-refractivity contribution in [3.8, 4) is 11.5 Å². The number of benzene rings is 3. The fourth-order valence-electron chi connectivity index (χ4n) is 4.05. The standard InChI is InChI=1S/C29H35N3O6S2/c1-6-38-27-10-8-7-9-26(27)32(40(35,36)25-17-15-24(39-5)16-18-25)20-28(33)31(21(2)29(34)30-3)19-22-11-13-23(37-4)14-12-22/h7-18,21H,6,19-20H2,1-5H3,(H,30,34)/t21-/m1/s1. The van der Waals surface area contributed by atoms with Crippen LogP contribution in [0.25, 0.3) is 0 Å². The highest BCUT2D eigenvalue weighted by molar-refractivity contribution is 7.98. The highest BCUT2D eigenvalue weighted by Gasteiger charge is 2.33. The quantitative estimate of drug-likeness (QED) is 0.300. The molecule has 0 bridgehead atoms. The van der Waals surface area contributed by atoms with E-state index in [0.29, 0.717) is 18.1 Å². The first-order valence-corrected chi connectivity index (χ1v) is 15.3. The molecule has 3 aromatic rings. The zero-order valence-corrected chi connectivity index (χ0v) is 24.9. The predicted molar refractivity (Wildman–Crippen MR) is 157 cm³/mol. The summed E-state index contributed by atoms with van der Waals surface area (Å²) in [5, 5.41) is 2.58. The smallest absolute Gasteiger partial charge is 0.264 e. The van der Waals surface area contributed by atoms with Crippen molar-refractivity contribution in [3.05, 3.63) is 78.4 Å². The Hall–Kier alpha value is -3.70. The SMILES string of the molecule is CCOc1ccccc1N(CC(=O)N(Cc1ccc(OC)cc1)[C@H](C)C(=O)NC)S(=O)(=O)c1ccc(SC)cc1. The van der Waals surface area contributed by atoms with E-state index in [-0.39, 0.29) is 23.0 Å². The minimum Gasteiger partial charge on any atom is -0.497 e. The van der Waals surface area contributed by atoms with E-state index in [0.717, 1.165) is 14.8 Å². The first kappa shape index (κ1) is 30.8. The van der Waals surface area contributed by atoms with Gasteiger partial charge in [-0.05, 0) is 74.2 Å². The highest BCUT2D eigenvalue weighted by Crippen LogP contribution is 2.33. The third-order valence-corrected chi connectivity index (χ3v) is 8.80. The molecule has 0 spiro atoms. The normalized spacial score (nSPS) is 11.8. The van der Waals surface area contributed by atoms with Gasteiger partial charge in [-0.2, -0.15) is 0 Å². The van der Waals surface area contributed by atoms with Crippen LogP contribution in [-0.4, -0.2) is 64.7 Å². The number of sulfonamides is 1. The maximum atomic E-state index is 14.0. The zero-order valence-electron chi connectivity index (χ0n) is 23.3. The van der Waals surface area contributed by atoms with Crippen molar-refractivity contribution in [1.29, 1.82) is 0 Å². The summed E-state index contributed by atoms with van der Waals surface area (Å²) in [6, 6.07) is 19.4. The Kier molecular flexibility index (Phi) is 10.9. The van der Waals surface area contributed by atoms with Crippen LogP contribution in [0.4, 0.5) is 5.69 Å². The van der Waals surface area contributed by atoms with Crippen molar-refractivity contribution in [3.63, 3.8) is 0 Å². The average molecular weight is 586 g/mol. The molecule has 40 heavy (non-hydrogen) atoms. The van der Waals surface area contributed by atoms with E-state index in [4.69, 9.17) is 9.47 Å². The predicted octanol–water partition coefficient (Wildman–Crippen LogP) is 4.17. The molecular weight excluding hydrogens is 550 g/mol. The number of carbonyl (C=O) groups is 2. The van der Waals surface area contributed by atoms with Crippen molar-refractivity contribution >= 4 is 39.3 Å². The van der Waals surface area contributed by atoms with Gasteiger partial charge in [0.1, 0.15) is 24.1 Å². The number of rotatable bonds is 13. The van der Waals surface area contributed by atoms with Crippen LogP contribution in [0.2, 0.25) is 0 Å². The molecular formula is C29H35N3O6S2. The number of likely N-dealkylation sites (N-methyl/N-ethyl adjacent to an activating group) is 1. The fraction of sp³-hybridized carbons (Fsp3) is 0.310. The molecule has 0 fully saturated rings. The lowest BCUT2D eigenvalue weighted by atomic mass is 10.1. The summed E-state index contributed by atoms with van der Waals surface area (Å²) in [6.45, 7) is 3.24. The molecule has 0 aliphatic heterocycles. The first-order valence-electron chi connectivity index (χ1n) is 12.7. The molecule has 9 nitrogen and oxygen atoms in total. The number of ether oxygens (including phenoxy) is 2. The molecule has 1 N–H and O–H groups in total. The minimum atomic E-state index is -4.20. The number of amides is 2. The number of hydrogen-bond donors (Lipinski definition) is 1. The molecule has 1 atom stereocenters. The number of nitrogens with one attached hydrogen (secondary N) is 1. The second-order valence-electron chi connectivity index (χ2n) is 8.75. The van der Waals surface area contributed by atoms with Crippen LogP contribution in [0.5, 0.6) is 11.5 Å². The maximum Gasteiger partial charge on any atom is 0.264 e. The number of carbonyl (C=O) groups excluding carboxylic acids is 2. The van der Waals surface area contributed by atoms with Crippen LogP contribution in [0.3, 0.4) is 0 Å². The Labute approximate surface area is 240 Å². The van der Waals surface area contributed by atoms with Crippen LogP contribution in [0.15, 0.2) is 82.6 Å². The summed E-state index contributed by atoms with van der Waals surface area (Å²) in [5.74, 6) is 0.0441. The summed E-state index contributed by atoms with van der Waals surface area (Å²) >= 11 is 1.49. The van der Waals surface area contributed by atoms with Crippen LogP contribution < -0.4 is 19.1 Å². The Balaban J connectivity index is 2.07. The lowest BCUT2D eigenvalue weighted by Gasteiger charge is -2.32. The van der Waals surface area contributed by atoms with Gasteiger partial charge in [-0.25, -0.2) is 8.42 Å². The summed E-state index contributed by atoms with van der Waals surface area (Å²) in [7, 11) is -1.16. The highest BCUT2D eigenvalue weighted by atomic mass is 32.2. The van der Waals surface area contributed by atoms with E-state index in [2.05, 4.69) is 5.32 Å². The van der Waals surface area contributed by atoms with Gasteiger partial charge in [-0.3, -0.25) is 13.9 Å². The Morgan fingerprint density at radius 3 is 2.23 bits per heavy atom. The van der Waals surface area contributed by atoms with Gasteiger partial charge in [0.2, 0.25) is 11.8 Å². The molecule has 0 aliphatic rings. The largest absolute Gasteiger partial charge is 0.497 e. The molecule has 2 amide bonds. The Morgan fingerprint density at radius 1 is 1.00 bits per heavy atom. The molecule has 0 aromatic heterocycles. The molecule has 0 radical (unpaired) electrons. The van der Waals surface area contributed by atoms with Crippen molar-refractivity contribution in [2.45, 2.75) is 36.2 Å². The number of thioether (sulfide) groups is 1. The molecule has 0 aliphatic carbocycles.